The third-order valence-corrected chi connectivity index (χ3v) is 1.92. The molecule has 0 saturated heterocycles. The van der Waals surface area contributed by atoms with E-state index in [1.165, 1.54) is 12.4 Å². The summed E-state index contributed by atoms with van der Waals surface area (Å²) >= 11 is 0. The number of amides is 1. The Morgan fingerprint density at radius 3 is 3.06 bits per heavy atom. The molecule has 86 valence electrons. The van der Waals surface area contributed by atoms with Crippen LogP contribution in [0.1, 0.15) is 10.4 Å². The van der Waals surface area contributed by atoms with E-state index in [1.807, 2.05) is 0 Å². The van der Waals surface area contributed by atoms with E-state index in [2.05, 4.69) is 32.8 Å². The van der Waals surface area contributed by atoms with Crippen LogP contribution in [0.3, 0.4) is 0 Å². The molecule has 2 rings (SSSR count). The van der Waals surface area contributed by atoms with Crippen molar-refractivity contribution in [2.45, 2.75) is 0 Å². The Balaban J connectivity index is 0.00000162. The number of hydrogen-bond acceptors (Lipinski definition) is 4. The molecule has 0 fully saturated rings. The second-order valence-electron chi connectivity index (χ2n) is 3.20. The van der Waals surface area contributed by atoms with E-state index in [0.717, 1.165) is 0 Å². The molecule has 2 aromatic rings. The molecular formula is C11H9KN5O-. The van der Waals surface area contributed by atoms with E-state index in [9.17, 15) is 4.79 Å². The molecule has 0 aliphatic carbocycles. The number of rotatable bonds is 3. The van der Waals surface area contributed by atoms with Gasteiger partial charge in [-0.2, -0.15) is 5.10 Å². The first kappa shape index (κ1) is 15.2. The molecule has 6 nitrogen and oxygen atoms in total. The Morgan fingerprint density at radius 1 is 1.61 bits per heavy atom. The SMILES string of the molecule is Cn1cc(C(=O)N[C-]=Nc2[c-]cncc2)cn1.[K+]. The van der Waals surface area contributed by atoms with Crippen LogP contribution in [0.5, 0.6) is 0 Å². The molecular weight excluding hydrogens is 257 g/mol. The van der Waals surface area contributed by atoms with Crippen LogP contribution >= 0.6 is 0 Å². The van der Waals surface area contributed by atoms with Crippen molar-refractivity contribution >= 4 is 17.9 Å². The second kappa shape index (κ2) is 7.54. The van der Waals surface area contributed by atoms with Crippen LogP contribution in [-0.2, 0) is 7.05 Å². The number of carbonyl (C=O) groups is 1. The molecule has 2 heterocycles. The number of nitrogens with zero attached hydrogens (tertiary/aromatic N) is 4. The van der Waals surface area contributed by atoms with Crippen LogP contribution in [-0.4, -0.2) is 27.0 Å². The van der Waals surface area contributed by atoms with E-state index in [-0.39, 0.29) is 57.3 Å². The standard InChI is InChI=1S/C11H9N5O.K/c1-16-7-9(6-15-16)11(17)14-8-13-10-2-4-12-5-3-10;/h2,4-7H,1H3,(H,12,13,14,17);/q-2;+1. The van der Waals surface area contributed by atoms with Crippen molar-refractivity contribution in [1.29, 1.82) is 0 Å². The summed E-state index contributed by atoms with van der Waals surface area (Å²) in [4.78, 5) is 19.2. The van der Waals surface area contributed by atoms with Crippen LogP contribution in [0.4, 0.5) is 5.69 Å². The van der Waals surface area contributed by atoms with Crippen molar-refractivity contribution in [3.63, 3.8) is 0 Å². The Hall–Kier alpha value is -0.864. The Morgan fingerprint density at radius 2 is 2.44 bits per heavy atom. The summed E-state index contributed by atoms with van der Waals surface area (Å²) in [7, 11) is 1.74. The predicted octanol–water partition coefficient (Wildman–Crippen LogP) is -2.41. The van der Waals surface area contributed by atoms with Gasteiger partial charge in [-0.15, -0.1) is 0 Å². The van der Waals surface area contributed by atoms with Crippen LogP contribution < -0.4 is 56.7 Å². The summed E-state index contributed by atoms with van der Waals surface area (Å²) in [6.45, 7) is 0. The summed E-state index contributed by atoms with van der Waals surface area (Å²) in [6, 6.07) is 4.43. The van der Waals surface area contributed by atoms with Gasteiger partial charge in [0, 0.05) is 25.0 Å². The van der Waals surface area contributed by atoms with E-state index >= 15 is 0 Å². The van der Waals surface area contributed by atoms with Gasteiger partial charge in [0.1, 0.15) is 0 Å². The fourth-order valence-corrected chi connectivity index (χ4v) is 1.13. The van der Waals surface area contributed by atoms with Gasteiger partial charge in [-0.05, 0) is 6.34 Å². The molecule has 0 atom stereocenters. The number of aryl methyl sites for hydroxylation is 1. The third kappa shape index (κ3) is 4.43. The van der Waals surface area contributed by atoms with Crippen LogP contribution in [0.2, 0.25) is 0 Å². The van der Waals surface area contributed by atoms with Crippen molar-refractivity contribution < 1.29 is 56.2 Å². The molecule has 0 spiro atoms. The van der Waals surface area contributed by atoms with Crippen molar-refractivity contribution in [3.05, 3.63) is 42.5 Å². The number of pyridine rings is 1. The van der Waals surface area contributed by atoms with Gasteiger partial charge < -0.3 is 20.1 Å². The van der Waals surface area contributed by atoms with Gasteiger partial charge in [0.25, 0.3) is 0 Å². The smallest absolute Gasteiger partial charge is 0.419 e. The average Bonchev–Trinajstić information content (AvgIpc) is 2.77. The predicted molar refractivity (Wildman–Crippen MR) is 60.8 cm³/mol. The second-order valence-corrected chi connectivity index (χ2v) is 3.20. The Bertz CT molecular complexity index is 537. The first-order chi connectivity index (χ1) is 8.25. The number of carbonyl (C=O) groups excluding carboxylic acids is 1. The molecule has 0 saturated carbocycles. The zero-order valence-electron chi connectivity index (χ0n) is 10.1. The van der Waals surface area contributed by atoms with Crippen molar-refractivity contribution in [2.24, 2.45) is 12.0 Å². The molecule has 0 bridgehead atoms. The third-order valence-electron chi connectivity index (χ3n) is 1.92. The zero-order chi connectivity index (χ0) is 12.1. The summed E-state index contributed by atoms with van der Waals surface area (Å²) in [5, 5.41) is 6.30. The van der Waals surface area contributed by atoms with E-state index < -0.39 is 0 Å². The van der Waals surface area contributed by atoms with E-state index in [1.54, 1.807) is 30.2 Å². The van der Waals surface area contributed by atoms with Gasteiger partial charge in [0.15, 0.2) is 5.91 Å². The topological polar surface area (TPSA) is 72.2 Å². The minimum absolute atomic E-state index is 0. The van der Waals surface area contributed by atoms with Crippen molar-refractivity contribution in [1.82, 2.24) is 20.1 Å². The van der Waals surface area contributed by atoms with Crippen LogP contribution in [0.25, 0.3) is 0 Å². The molecule has 0 radical (unpaired) electrons. The van der Waals surface area contributed by atoms with Crippen molar-refractivity contribution in [2.75, 3.05) is 0 Å². The quantitative estimate of drug-likeness (QED) is 0.221. The molecule has 0 aliphatic rings. The maximum absolute atomic E-state index is 11.5. The summed E-state index contributed by atoms with van der Waals surface area (Å²) in [5.74, 6) is -0.309. The first-order valence-electron chi connectivity index (χ1n) is 4.82. The summed E-state index contributed by atoms with van der Waals surface area (Å²) in [5.41, 5.74) is 1.00. The van der Waals surface area contributed by atoms with E-state index in [4.69, 9.17) is 0 Å². The monoisotopic (exact) mass is 266 g/mol. The fourth-order valence-electron chi connectivity index (χ4n) is 1.13. The first-order valence-corrected chi connectivity index (χ1v) is 4.82. The number of hydrogen-bond donors (Lipinski definition) is 1. The largest absolute Gasteiger partial charge is 1.00 e. The fraction of sp³-hybridized carbons (Fsp3) is 0.0909. The van der Waals surface area contributed by atoms with Gasteiger partial charge in [-0.25, -0.2) is 11.8 Å². The minimum Gasteiger partial charge on any atom is -0.419 e. The number of aromatic nitrogens is 3. The number of nitrogens with one attached hydrogen (secondary N) is 1. The normalized spacial score (nSPS) is 10.1. The molecule has 0 aliphatic heterocycles. The summed E-state index contributed by atoms with van der Waals surface area (Å²) in [6.07, 6.45) is 8.59. The van der Waals surface area contributed by atoms with Crippen molar-refractivity contribution in [3.8, 4) is 0 Å². The van der Waals surface area contributed by atoms with Crippen LogP contribution in [0.15, 0.2) is 35.8 Å². The molecule has 1 amide bonds. The Labute approximate surface area is 147 Å². The Kier molecular flexibility index (Phi) is 6.37. The van der Waals surface area contributed by atoms with Gasteiger partial charge in [0.05, 0.1) is 0 Å². The van der Waals surface area contributed by atoms with Gasteiger partial charge in [0.2, 0.25) is 0 Å². The van der Waals surface area contributed by atoms with Crippen LogP contribution in [0, 0.1) is 6.07 Å². The minimum atomic E-state index is -0.309. The molecule has 2 aromatic heterocycles. The maximum atomic E-state index is 11.5. The van der Waals surface area contributed by atoms with Gasteiger partial charge >= 0.3 is 51.4 Å². The molecule has 7 heteroatoms. The maximum Gasteiger partial charge on any atom is 1.00 e. The van der Waals surface area contributed by atoms with Gasteiger partial charge in [-0.3, -0.25) is 10.7 Å². The molecule has 0 unspecified atom stereocenters. The molecule has 18 heavy (non-hydrogen) atoms. The molecule has 1 N–H and O–H groups in total. The zero-order valence-corrected chi connectivity index (χ0v) is 13.2. The average molecular weight is 266 g/mol. The molecule has 0 aromatic carbocycles. The van der Waals surface area contributed by atoms with E-state index in [0.29, 0.717) is 11.3 Å². The summed E-state index contributed by atoms with van der Waals surface area (Å²) < 4.78 is 1.54. The van der Waals surface area contributed by atoms with Gasteiger partial charge in [-0.1, -0.05) is 12.4 Å². The number of aliphatic imine (C=N–C) groups is 1.